The summed E-state index contributed by atoms with van der Waals surface area (Å²) in [6.45, 7) is 0. The van der Waals surface area contributed by atoms with Gasteiger partial charge < -0.3 is 4.74 Å². The lowest BCUT2D eigenvalue weighted by molar-refractivity contribution is 0.0601. The standard InChI is InChI=1S/C13H12O2S/c1-15-13(14)12-4-2-10(3-5-12)11-6-8-16-9-7-11/h2-8H,9H2,1H3. The molecular formula is C13H12O2S. The Kier molecular flexibility index (Phi) is 3.47. The highest BCUT2D eigenvalue weighted by Gasteiger charge is 2.06. The number of allylic oxidation sites excluding steroid dienone is 2. The van der Waals surface area contributed by atoms with Gasteiger partial charge >= 0.3 is 5.97 Å². The molecule has 16 heavy (non-hydrogen) atoms. The second-order valence-electron chi connectivity index (χ2n) is 3.36. The average molecular weight is 232 g/mol. The van der Waals surface area contributed by atoms with E-state index in [0.29, 0.717) is 5.56 Å². The minimum Gasteiger partial charge on any atom is -0.465 e. The highest BCUT2D eigenvalue weighted by Crippen LogP contribution is 2.23. The van der Waals surface area contributed by atoms with Gasteiger partial charge in [-0.25, -0.2) is 4.79 Å². The summed E-state index contributed by atoms with van der Waals surface area (Å²) in [5.74, 6) is 0.709. The fraction of sp³-hybridized carbons (Fsp3) is 0.154. The minimum atomic E-state index is -0.296. The molecule has 0 amide bonds. The van der Waals surface area contributed by atoms with Crippen LogP contribution in [0.3, 0.4) is 0 Å². The number of carbonyl (C=O) groups is 1. The Morgan fingerprint density at radius 3 is 2.62 bits per heavy atom. The third kappa shape index (κ3) is 2.36. The Labute approximate surface area is 99.0 Å². The Hall–Kier alpha value is -1.48. The van der Waals surface area contributed by atoms with Crippen LogP contribution in [0.4, 0.5) is 0 Å². The van der Waals surface area contributed by atoms with E-state index in [0.717, 1.165) is 11.3 Å². The summed E-state index contributed by atoms with van der Waals surface area (Å²) in [6, 6.07) is 7.46. The molecule has 0 atom stereocenters. The molecule has 0 saturated heterocycles. The molecule has 0 bridgehead atoms. The highest BCUT2D eigenvalue weighted by molar-refractivity contribution is 8.02. The summed E-state index contributed by atoms with van der Waals surface area (Å²) < 4.78 is 4.65. The highest BCUT2D eigenvalue weighted by atomic mass is 32.2. The number of carbonyl (C=O) groups excluding carboxylic acids is 1. The number of hydrogen-bond acceptors (Lipinski definition) is 3. The zero-order valence-electron chi connectivity index (χ0n) is 8.97. The molecule has 0 aliphatic carbocycles. The molecule has 0 radical (unpaired) electrons. The number of benzene rings is 1. The van der Waals surface area contributed by atoms with Gasteiger partial charge in [0, 0.05) is 5.75 Å². The first-order chi connectivity index (χ1) is 7.81. The van der Waals surface area contributed by atoms with Crippen LogP contribution in [0.15, 0.2) is 41.8 Å². The molecule has 0 unspecified atom stereocenters. The molecule has 2 rings (SSSR count). The summed E-state index contributed by atoms with van der Waals surface area (Å²) in [4.78, 5) is 11.2. The lowest BCUT2D eigenvalue weighted by Crippen LogP contribution is -2.00. The Morgan fingerprint density at radius 2 is 2.06 bits per heavy atom. The van der Waals surface area contributed by atoms with E-state index >= 15 is 0 Å². The van der Waals surface area contributed by atoms with Crippen LogP contribution >= 0.6 is 11.8 Å². The maximum atomic E-state index is 11.2. The third-order valence-corrected chi connectivity index (χ3v) is 3.07. The average Bonchev–Trinajstić information content (AvgIpc) is 2.39. The summed E-state index contributed by atoms with van der Waals surface area (Å²) >= 11 is 1.77. The van der Waals surface area contributed by atoms with Crippen molar-refractivity contribution in [3.63, 3.8) is 0 Å². The Bertz CT molecular complexity index is 444. The van der Waals surface area contributed by atoms with Crippen molar-refractivity contribution < 1.29 is 9.53 Å². The second-order valence-corrected chi connectivity index (χ2v) is 4.30. The molecule has 1 aromatic rings. The van der Waals surface area contributed by atoms with Crippen LogP contribution in [0.1, 0.15) is 15.9 Å². The molecule has 0 spiro atoms. The predicted molar refractivity (Wildman–Crippen MR) is 67.4 cm³/mol. The van der Waals surface area contributed by atoms with E-state index in [4.69, 9.17) is 0 Å². The smallest absolute Gasteiger partial charge is 0.337 e. The van der Waals surface area contributed by atoms with Gasteiger partial charge in [-0.2, -0.15) is 0 Å². The zero-order chi connectivity index (χ0) is 11.4. The van der Waals surface area contributed by atoms with E-state index < -0.39 is 0 Å². The van der Waals surface area contributed by atoms with Gasteiger partial charge in [0.15, 0.2) is 0 Å². The first-order valence-electron chi connectivity index (χ1n) is 4.98. The number of thioether (sulfide) groups is 1. The third-order valence-electron chi connectivity index (χ3n) is 2.38. The van der Waals surface area contributed by atoms with Gasteiger partial charge in [0.1, 0.15) is 0 Å². The molecule has 0 fully saturated rings. The van der Waals surface area contributed by atoms with Crippen molar-refractivity contribution >= 4 is 23.3 Å². The number of hydrogen-bond donors (Lipinski definition) is 0. The lowest BCUT2D eigenvalue weighted by atomic mass is 10.0. The summed E-state index contributed by atoms with van der Waals surface area (Å²) in [5, 5.41) is 2.09. The summed E-state index contributed by atoms with van der Waals surface area (Å²) in [5.41, 5.74) is 2.92. The number of rotatable bonds is 2. The normalized spacial score (nSPS) is 14.4. The molecule has 0 saturated carbocycles. The van der Waals surface area contributed by atoms with Gasteiger partial charge in [0.25, 0.3) is 0 Å². The number of methoxy groups -OCH3 is 1. The molecule has 1 aliphatic rings. The van der Waals surface area contributed by atoms with Gasteiger partial charge in [-0.05, 0) is 34.8 Å². The van der Waals surface area contributed by atoms with E-state index in [2.05, 4.69) is 22.3 Å². The number of ether oxygens (including phenoxy) is 1. The summed E-state index contributed by atoms with van der Waals surface area (Å²) in [6.07, 6.45) is 4.26. The van der Waals surface area contributed by atoms with Crippen molar-refractivity contribution in [2.24, 2.45) is 0 Å². The molecule has 2 nitrogen and oxygen atoms in total. The maximum Gasteiger partial charge on any atom is 0.337 e. The topological polar surface area (TPSA) is 26.3 Å². The molecule has 82 valence electrons. The Morgan fingerprint density at radius 1 is 1.31 bits per heavy atom. The van der Waals surface area contributed by atoms with Gasteiger partial charge in [0.2, 0.25) is 0 Å². The SMILES string of the molecule is COC(=O)c1ccc(C2=CCSC=C2)cc1. The van der Waals surface area contributed by atoms with E-state index in [-0.39, 0.29) is 5.97 Å². The molecule has 0 N–H and O–H groups in total. The molecular weight excluding hydrogens is 220 g/mol. The first kappa shape index (κ1) is 11.0. The quantitative estimate of drug-likeness (QED) is 0.733. The molecule has 3 heteroatoms. The predicted octanol–water partition coefficient (Wildman–Crippen LogP) is 3.12. The fourth-order valence-electron chi connectivity index (χ4n) is 1.51. The van der Waals surface area contributed by atoms with Crippen molar-refractivity contribution in [3.05, 3.63) is 53.0 Å². The van der Waals surface area contributed by atoms with Gasteiger partial charge in [-0.1, -0.05) is 18.2 Å². The van der Waals surface area contributed by atoms with Crippen molar-refractivity contribution in [2.75, 3.05) is 12.9 Å². The van der Waals surface area contributed by atoms with Crippen molar-refractivity contribution in [1.82, 2.24) is 0 Å². The largest absolute Gasteiger partial charge is 0.465 e. The fourth-order valence-corrected chi connectivity index (χ4v) is 2.14. The molecule has 1 aliphatic heterocycles. The van der Waals surface area contributed by atoms with Crippen molar-refractivity contribution in [1.29, 1.82) is 0 Å². The number of esters is 1. The first-order valence-corrected chi connectivity index (χ1v) is 6.03. The maximum absolute atomic E-state index is 11.2. The minimum absolute atomic E-state index is 0.296. The van der Waals surface area contributed by atoms with E-state index in [1.165, 1.54) is 12.7 Å². The van der Waals surface area contributed by atoms with E-state index in [1.807, 2.05) is 12.1 Å². The van der Waals surface area contributed by atoms with Crippen LogP contribution in [0.2, 0.25) is 0 Å². The van der Waals surface area contributed by atoms with Crippen LogP contribution in [0.5, 0.6) is 0 Å². The van der Waals surface area contributed by atoms with Crippen LogP contribution in [-0.4, -0.2) is 18.8 Å². The van der Waals surface area contributed by atoms with Crippen LogP contribution < -0.4 is 0 Å². The van der Waals surface area contributed by atoms with Gasteiger partial charge in [0.05, 0.1) is 12.7 Å². The zero-order valence-corrected chi connectivity index (χ0v) is 9.79. The van der Waals surface area contributed by atoms with Gasteiger partial charge in [-0.3, -0.25) is 0 Å². The molecule has 0 aromatic heterocycles. The van der Waals surface area contributed by atoms with Crippen LogP contribution in [-0.2, 0) is 4.74 Å². The van der Waals surface area contributed by atoms with Crippen molar-refractivity contribution in [2.45, 2.75) is 0 Å². The second kappa shape index (κ2) is 5.03. The van der Waals surface area contributed by atoms with Crippen molar-refractivity contribution in [3.8, 4) is 0 Å². The van der Waals surface area contributed by atoms with Gasteiger partial charge in [-0.15, -0.1) is 11.8 Å². The summed E-state index contributed by atoms with van der Waals surface area (Å²) in [7, 11) is 1.39. The van der Waals surface area contributed by atoms with E-state index in [1.54, 1.807) is 23.9 Å². The molecule has 1 heterocycles. The van der Waals surface area contributed by atoms with E-state index in [9.17, 15) is 4.79 Å². The Balaban J connectivity index is 2.22. The monoisotopic (exact) mass is 232 g/mol. The van der Waals surface area contributed by atoms with Crippen LogP contribution in [0, 0.1) is 0 Å². The molecule has 1 aromatic carbocycles. The lowest BCUT2D eigenvalue weighted by Gasteiger charge is -2.07. The van der Waals surface area contributed by atoms with Crippen LogP contribution in [0.25, 0.3) is 5.57 Å².